The predicted molar refractivity (Wildman–Crippen MR) is 82.9 cm³/mol. The van der Waals surface area contributed by atoms with Gasteiger partial charge in [-0.15, -0.1) is 0 Å². The molecule has 2 aliphatic rings. The largest absolute Gasteiger partial charge is 0.454 e. The van der Waals surface area contributed by atoms with Gasteiger partial charge in [0.2, 0.25) is 12.7 Å². The number of nitrogens with one attached hydrogen (secondary N) is 1. The maximum Gasteiger partial charge on any atom is 0.238 e. The molecule has 2 aliphatic heterocycles. The summed E-state index contributed by atoms with van der Waals surface area (Å²) in [5, 5.41) is 12.4. The van der Waals surface area contributed by atoms with E-state index in [1.54, 1.807) is 12.1 Å². The minimum atomic E-state index is -0.380. The molecule has 0 bridgehead atoms. The molecule has 0 saturated carbocycles. The number of aliphatic hydroxyl groups excluding tert-OH is 1. The summed E-state index contributed by atoms with van der Waals surface area (Å²) in [6.07, 6.45) is 1.27. The number of amides is 1. The number of piperidine rings is 1. The van der Waals surface area contributed by atoms with Crippen molar-refractivity contribution in [2.24, 2.45) is 0 Å². The van der Waals surface area contributed by atoms with Crippen LogP contribution in [0, 0.1) is 0 Å². The summed E-state index contributed by atoms with van der Waals surface area (Å²) < 4.78 is 10.6. The van der Waals surface area contributed by atoms with Crippen molar-refractivity contribution < 1.29 is 24.2 Å². The highest BCUT2D eigenvalue weighted by atomic mass is 16.7. The van der Waals surface area contributed by atoms with Gasteiger partial charge in [0.15, 0.2) is 17.3 Å². The first-order valence-electron chi connectivity index (χ1n) is 7.68. The van der Waals surface area contributed by atoms with E-state index in [1.165, 1.54) is 6.92 Å². The van der Waals surface area contributed by atoms with E-state index in [2.05, 4.69) is 5.32 Å². The molecule has 7 heteroatoms. The lowest BCUT2D eigenvalue weighted by Crippen LogP contribution is -2.42. The van der Waals surface area contributed by atoms with Gasteiger partial charge in [-0.05, 0) is 32.4 Å². The molecule has 1 unspecified atom stereocenters. The Bertz CT molecular complexity index is 631. The standard InChI is InChI=1S/C16H20N2O5/c1-10(19)12-5-14-15(23-9-22-14)6-13(12)17-16(21)8-18-4-2-3-11(20)7-18/h5-6,11,20H,2-4,7-9H2,1H3,(H,17,21). The van der Waals surface area contributed by atoms with Crippen LogP contribution in [0.5, 0.6) is 11.5 Å². The minimum absolute atomic E-state index is 0.107. The molecule has 1 aromatic carbocycles. The number of carbonyl (C=O) groups is 2. The molecule has 2 N–H and O–H groups in total. The number of ether oxygens (including phenoxy) is 2. The number of hydrogen-bond acceptors (Lipinski definition) is 6. The van der Waals surface area contributed by atoms with Gasteiger partial charge in [-0.2, -0.15) is 0 Å². The lowest BCUT2D eigenvalue weighted by atomic mass is 10.1. The Hall–Kier alpha value is -2.12. The second-order valence-electron chi connectivity index (χ2n) is 5.89. The van der Waals surface area contributed by atoms with Crippen molar-refractivity contribution in [3.63, 3.8) is 0 Å². The Balaban J connectivity index is 1.71. The number of Topliss-reactive ketones (excluding diaryl/α,β-unsaturated/α-hetero) is 1. The third-order valence-corrected chi connectivity index (χ3v) is 4.01. The average Bonchev–Trinajstić information content (AvgIpc) is 2.93. The van der Waals surface area contributed by atoms with Crippen LogP contribution in [0.15, 0.2) is 12.1 Å². The van der Waals surface area contributed by atoms with Crippen molar-refractivity contribution in [1.29, 1.82) is 0 Å². The van der Waals surface area contributed by atoms with Crippen molar-refractivity contribution in [2.45, 2.75) is 25.9 Å². The van der Waals surface area contributed by atoms with E-state index in [0.29, 0.717) is 29.3 Å². The summed E-state index contributed by atoms with van der Waals surface area (Å²) in [5.74, 6) is 0.638. The van der Waals surface area contributed by atoms with Crippen molar-refractivity contribution in [3.8, 4) is 11.5 Å². The predicted octanol–water partition coefficient (Wildman–Crippen LogP) is 1.01. The maximum absolute atomic E-state index is 12.2. The molecule has 1 amide bonds. The van der Waals surface area contributed by atoms with E-state index in [9.17, 15) is 14.7 Å². The minimum Gasteiger partial charge on any atom is -0.454 e. The normalized spacial score (nSPS) is 20.3. The van der Waals surface area contributed by atoms with E-state index < -0.39 is 0 Å². The highest BCUT2D eigenvalue weighted by Gasteiger charge is 2.23. The number of ketones is 1. The van der Waals surface area contributed by atoms with Crippen molar-refractivity contribution >= 4 is 17.4 Å². The highest BCUT2D eigenvalue weighted by molar-refractivity contribution is 6.05. The zero-order chi connectivity index (χ0) is 16.4. The van der Waals surface area contributed by atoms with Crippen LogP contribution in [-0.2, 0) is 4.79 Å². The van der Waals surface area contributed by atoms with Gasteiger partial charge >= 0.3 is 0 Å². The number of nitrogens with zero attached hydrogens (tertiary/aromatic N) is 1. The number of aliphatic hydroxyl groups is 1. The fourth-order valence-corrected chi connectivity index (χ4v) is 2.90. The molecule has 7 nitrogen and oxygen atoms in total. The van der Waals surface area contributed by atoms with Crippen LogP contribution in [-0.4, -0.2) is 54.2 Å². The smallest absolute Gasteiger partial charge is 0.238 e. The van der Waals surface area contributed by atoms with Crippen LogP contribution >= 0.6 is 0 Å². The molecule has 124 valence electrons. The molecule has 0 aromatic heterocycles. The van der Waals surface area contributed by atoms with Gasteiger partial charge in [-0.1, -0.05) is 0 Å². The van der Waals surface area contributed by atoms with Gasteiger partial charge in [0.25, 0.3) is 0 Å². The van der Waals surface area contributed by atoms with Crippen LogP contribution in [0.25, 0.3) is 0 Å². The first-order valence-corrected chi connectivity index (χ1v) is 7.68. The van der Waals surface area contributed by atoms with Gasteiger partial charge < -0.3 is 19.9 Å². The highest BCUT2D eigenvalue weighted by Crippen LogP contribution is 2.37. The number of hydrogen-bond donors (Lipinski definition) is 2. The Morgan fingerprint density at radius 3 is 2.78 bits per heavy atom. The van der Waals surface area contributed by atoms with E-state index in [-0.39, 0.29) is 31.1 Å². The fourth-order valence-electron chi connectivity index (χ4n) is 2.90. The Morgan fingerprint density at radius 2 is 2.09 bits per heavy atom. The number of carbonyl (C=O) groups excluding carboxylic acids is 2. The van der Waals surface area contributed by atoms with Crippen molar-refractivity contribution in [1.82, 2.24) is 4.90 Å². The van der Waals surface area contributed by atoms with Crippen molar-refractivity contribution in [3.05, 3.63) is 17.7 Å². The Morgan fingerprint density at radius 1 is 1.35 bits per heavy atom. The lowest BCUT2D eigenvalue weighted by molar-refractivity contribution is -0.118. The summed E-state index contributed by atoms with van der Waals surface area (Å²) >= 11 is 0. The third-order valence-electron chi connectivity index (χ3n) is 4.01. The maximum atomic E-state index is 12.2. The van der Waals surface area contributed by atoms with Crippen LogP contribution in [0.4, 0.5) is 5.69 Å². The summed E-state index contributed by atoms with van der Waals surface area (Å²) in [5.41, 5.74) is 0.811. The molecule has 0 spiro atoms. The second kappa shape index (κ2) is 6.55. The van der Waals surface area contributed by atoms with E-state index in [4.69, 9.17) is 9.47 Å². The first kappa shape index (κ1) is 15.8. The molecule has 1 fully saturated rings. The van der Waals surface area contributed by atoms with Crippen molar-refractivity contribution in [2.75, 3.05) is 31.7 Å². The zero-order valence-electron chi connectivity index (χ0n) is 13.0. The number of benzene rings is 1. The summed E-state index contributed by atoms with van der Waals surface area (Å²) in [6.45, 7) is 3.01. The summed E-state index contributed by atoms with van der Waals surface area (Å²) in [7, 11) is 0. The monoisotopic (exact) mass is 320 g/mol. The molecule has 1 atom stereocenters. The molecule has 0 aliphatic carbocycles. The number of fused-ring (bicyclic) bond motifs is 1. The van der Waals surface area contributed by atoms with Crippen LogP contribution in [0.2, 0.25) is 0 Å². The van der Waals surface area contributed by atoms with E-state index in [1.807, 2.05) is 4.90 Å². The quantitative estimate of drug-likeness (QED) is 0.805. The summed E-state index contributed by atoms with van der Waals surface area (Å²) in [6, 6.07) is 3.20. The van der Waals surface area contributed by atoms with Gasteiger partial charge in [0.1, 0.15) is 0 Å². The Kier molecular flexibility index (Phi) is 4.49. The number of anilines is 1. The third kappa shape index (κ3) is 3.62. The van der Waals surface area contributed by atoms with E-state index >= 15 is 0 Å². The lowest BCUT2D eigenvalue weighted by Gasteiger charge is -2.29. The van der Waals surface area contributed by atoms with Crippen LogP contribution in [0.1, 0.15) is 30.1 Å². The number of rotatable bonds is 4. The Labute approximate surface area is 134 Å². The average molecular weight is 320 g/mol. The first-order chi connectivity index (χ1) is 11.0. The molecular formula is C16H20N2O5. The molecule has 2 heterocycles. The molecule has 23 heavy (non-hydrogen) atoms. The molecule has 3 rings (SSSR count). The molecule has 1 aromatic rings. The number of likely N-dealkylation sites (tertiary alicyclic amines) is 1. The molecule has 0 radical (unpaired) electrons. The number of β-amino-alcohol motifs (C(OH)–C–C–N with tert-alkyl or cyclic N) is 1. The van der Waals surface area contributed by atoms with Gasteiger partial charge in [-0.3, -0.25) is 14.5 Å². The molecule has 1 saturated heterocycles. The van der Waals surface area contributed by atoms with Crippen LogP contribution in [0.3, 0.4) is 0 Å². The molecular weight excluding hydrogens is 300 g/mol. The SMILES string of the molecule is CC(=O)c1cc2c(cc1NC(=O)CN1CCCC(O)C1)OCO2. The second-order valence-corrected chi connectivity index (χ2v) is 5.89. The topological polar surface area (TPSA) is 88.1 Å². The van der Waals surface area contributed by atoms with E-state index in [0.717, 1.165) is 19.4 Å². The summed E-state index contributed by atoms with van der Waals surface area (Å²) in [4.78, 5) is 25.9. The van der Waals surface area contributed by atoms with Gasteiger partial charge in [0, 0.05) is 18.2 Å². The van der Waals surface area contributed by atoms with Gasteiger partial charge in [0.05, 0.1) is 18.3 Å². The fraction of sp³-hybridized carbons (Fsp3) is 0.500. The van der Waals surface area contributed by atoms with Crippen LogP contribution < -0.4 is 14.8 Å². The zero-order valence-corrected chi connectivity index (χ0v) is 13.0. The van der Waals surface area contributed by atoms with Gasteiger partial charge in [-0.25, -0.2) is 0 Å².